The highest BCUT2D eigenvalue weighted by Crippen LogP contribution is 2.48. The summed E-state index contributed by atoms with van der Waals surface area (Å²) >= 11 is 0. The molecule has 2 fully saturated rings. The van der Waals surface area contributed by atoms with E-state index in [1.165, 1.54) is 24.5 Å². The van der Waals surface area contributed by atoms with Crippen LogP contribution in [0.25, 0.3) is 21.9 Å². The first-order chi connectivity index (χ1) is 25.3. The summed E-state index contributed by atoms with van der Waals surface area (Å²) in [7, 11) is 0. The zero-order chi connectivity index (χ0) is 39.2. The third kappa shape index (κ3) is 8.37. The lowest BCUT2D eigenvalue weighted by Gasteiger charge is -2.39. The largest absolute Gasteiger partial charge is 0.474 e. The SMILES string of the molecule is Cc1c(-c2cc3cc(NC(=O)OC4CCC5(CCN(C(=O)OC(C)(C)C)CC5)C4)ncc3c(NC(=O)OC(C)(C)C)c2F)cnc2c1N(C(=O)O)CCO2. The fraction of sp³-hybridized carbons (Fsp3) is 0.526. The first-order valence-electron chi connectivity index (χ1n) is 18.0. The van der Waals surface area contributed by atoms with Gasteiger partial charge in [-0.15, -0.1) is 0 Å². The van der Waals surface area contributed by atoms with Crippen molar-refractivity contribution >= 4 is 52.3 Å². The summed E-state index contributed by atoms with van der Waals surface area (Å²) in [5.74, 6) is -0.602. The van der Waals surface area contributed by atoms with Crippen LogP contribution in [-0.4, -0.2) is 87.9 Å². The molecule has 54 heavy (non-hydrogen) atoms. The number of rotatable bonds is 4. The number of nitrogens with zero attached hydrogens (tertiary/aromatic N) is 4. The second-order valence-electron chi connectivity index (χ2n) is 16.1. The van der Waals surface area contributed by atoms with Gasteiger partial charge in [0.05, 0.1) is 12.2 Å². The van der Waals surface area contributed by atoms with E-state index in [4.69, 9.17) is 18.9 Å². The van der Waals surface area contributed by atoms with Crippen molar-refractivity contribution in [3.8, 4) is 17.0 Å². The number of benzene rings is 1. The van der Waals surface area contributed by atoms with Gasteiger partial charge in [-0.1, -0.05) is 0 Å². The maximum Gasteiger partial charge on any atom is 0.413 e. The van der Waals surface area contributed by atoms with Crippen molar-refractivity contribution in [2.24, 2.45) is 5.41 Å². The van der Waals surface area contributed by atoms with Gasteiger partial charge in [-0.3, -0.25) is 15.5 Å². The molecule has 16 heteroatoms. The van der Waals surface area contributed by atoms with Crippen molar-refractivity contribution in [2.75, 3.05) is 41.8 Å². The number of carbonyl (C=O) groups excluding carboxylic acids is 3. The van der Waals surface area contributed by atoms with Gasteiger partial charge in [0.1, 0.15) is 35.4 Å². The number of ether oxygens (including phenoxy) is 4. The summed E-state index contributed by atoms with van der Waals surface area (Å²) < 4.78 is 38.9. The highest BCUT2D eigenvalue weighted by atomic mass is 19.1. The van der Waals surface area contributed by atoms with Gasteiger partial charge in [0.2, 0.25) is 5.88 Å². The topological polar surface area (TPSA) is 182 Å². The Kier molecular flexibility index (Phi) is 10.2. The third-order valence-electron chi connectivity index (χ3n) is 9.84. The second-order valence-corrected chi connectivity index (χ2v) is 16.1. The average Bonchev–Trinajstić information content (AvgIpc) is 3.45. The number of carbonyl (C=O) groups is 4. The van der Waals surface area contributed by atoms with Crippen molar-refractivity contribution in [1.82, 2.24) is 14.9 Å². The molecule has 3 N–H and O–H groups in total. The fourth-order valence-electron chi connectivity index (χ4n) is 7.35. The lowest BCUT2D eigenvalue weighted by atomic mass is 9.77. The molecule has 1 saturated carbocycles. The normalized spacial score (nSPS) is 18.1. The Morgan fingerprint density at radius 2 is 1.63 bits per heavy atom. The van der Waals surface area contributed by atoms with E-state index in [0.717, 1.165) is 24.2 Å². The number of hydrogen-bond acceptors (Lipinski definition) is 10. The standard InChI is InChI=1S/C38H47FN6O9/c1-21-25(19-41-31-30(21)45(34(48)49)14-15-51-31)24-16-22-17-27(40-20-26(22)29(28(24)39)43-33(47)53-36(2,3)4)42-32(46)52-23-8-9-38(18-23)10-12-44(13-11-38)35(50)54-37(5,6)7/h16-17,19-20,23H,8-15,18H2,1-7H3,(H,43,47)(H,48,49)(H,40,42,46). The smallest absolute Gasteiger partial charge is 0.413 e. The number of fused-ring (bicyclic) bond motifs is 2. The predicted octanol–water partition coefficient (Wildman–Crippen LogP) is 8.09. The Morgan fingerprint density at radius 3 is 2.30 bits per heavy atom. The molecule has 15 nitrogen and oxygen atoms in total. The molecule has 2 aromatic heterocycles. The number of likely N-dealkylation sites (tertiary alicyclic amines) is 1. The molecular formula is C38H47FN6O9. The van der Waals surface area contributed by atoms with Gasteiger partial charge in [-0.05, 0) is 109 Å². The maximum atomic E-state index is 16.6. The van der Waals surface area contributed by atoms with Crippen LogP contribution in [-0.2, 0) is 14.2 Å². The van der Waals surface area contributed by atoms with E-state index in [-0.39, 0.29) is 70.3 Å². The molecule has 0 radical (unpaired) electrons. The highest BCUT2D eigenvalue weighted by molar-refractivity contribution is 6.05. The molecule has 3 aliphatic rings. The minimum absolute atomic E-state index is 0.00553. The highest BCUT2D eigenvalue weighted by Gasteiger charge is 2.44. The lowest BCUT2D eigenvalue weighted by molar-refractivity contribution is 0.00903. The number of aromatic nitrogens is 2. The third-order valence-corrected chi connectivity index (χ3v) is 9.84. The van der Waals surface area contributed by atoms with Gasteiger partial charge in [0, 0.05) is 42.0 Å². The molecule has 1 unspecified atom stereocenters. The number of nitrogens with one attached hydrogen (secondary N) is 2. The van der Waals surface area contributed by atoms with Crippen LogP contribution in [0.15, 0.2) is 24.5 Å². The summed E-state index contributed by atoms with van der Waals surface area (Å²) in [4.78, 5) is 62.1. The molecule has 1 aliphatic carbocycles. The van der Waals surface area contributed by atoms with Crippen LogP contribution in [0, 0.1) is 18.2 Å². The molecule has 6 rings (SSSR count). The molecule has 4 amide bonds. The Balaban J connectivity index is 1.23. The molecule has 4 heterocycles. The monoisotopic (exact) mass is 750 g/mol. The first-order valence-corrected chi connectivity index (χ1v) is 18.0. The van der Waals surface area contributed by atoms with Crippen LogP contribution in [0.1, 0.15) is 79.2 Å². The molecule has 0 bridgehead atoms. The van der Waals surface area contributed by atoms with Crippen LogP contribution >= 0.6 is 0 Å². The minimum Gasteiger partial charge on any atom is -0.474 e. The number of hydrogen-bond donors (Lipinski definition) is 3. The molecule has 1 spiro atoms. The quantitative estimate of drug-likeness (QED) is 0.219. The van der Waals surface area contributed by atoms with Gasteiger partial charge >= 0.3 is 24.4 Å². The van der Waals surface area contributed by atoms with E-state index < -0.39 is 35.3 Å². The van der Waals surface area contributed by atoms with E-state index in [2.05, 4.69) is 20.6 Å². The van der Waals surface area contributed by atoms with Crippen molar-refractivity contribution in [3.05, 3.63) is 35.9 Å². The Hall–Kier alpha value is -5.41. The van der Waals surface area contributed by atoms with Gasteiger partial charge < -0.3 is 29.0 Å². The van der Waals surface area contributed by atoms with Gasteiger partial charge in [0.15, 0.2) is 5.82 Å². The molecule has 290 valence electrons. The number of halogens is 1. The predicted molar refractivity (Wildman–Crippen MR) is 198 cm³/mol. The number of anilines is 3. The number of pyridine rings is 2. The zero-order valence-corrected chi connectivity index (χ0v) is 31.6. The summed E-state index contributed by atoms with van der Waals surface area (Å²) in [5.41, 5.74) is -0.849. The number of amides is 4. The maximum absolute atomic E-state index is 16.6. The minimum atomic E-state index is -1.21. The van der Waals surface area contributed by atoms with E-state index in [0.29, 0.717) is 36.9 Å². The Morgan fingerprint density at radius 1 is 0.926 bits per heavy atom. The average molecular weight is 751 g/mol. The van der Waals surface area contributed by atoms with Crippen LogP contribution in [0.2, 0.25) is 0 Å². The van der Waals surface area contributed by atoms with Crippen molar-refractivity contribution in [2.45, 2.75) is 97.9 Å². The molecule has 2 aliphatic heterocycles. The van der Waals surface area contributed by atoms with Crippen LogP contribution in [0.5, 0.6) is 5.88 Å². The Bertz CT molecular complexity index is 1980. The lowest BCUT2D eigenvalue weighted by Crippen LogP contribution is -2.44. The van der Waals surface area contributed by atoms with Crippen LogP contribution in [0.4, 0.5) is 40.8 Å². The van der Waals surface area contributed by atoms with Crippen molar-refractivity contribution in [3.63, 3.8) is 0 Å². The van der Waals surface area contributed by atoms with E-state index in [9.17, 15) is 24.3 Å². The first kappa shape index (κ1) is 38.3. The molecule has 1 saturated heterocycles. The second kappa shape index (κ2) is 14.4. The van der Waals surface area contributed by atoms with E-state index >= 15 is 4.39 Å². The van der Waals surface area contributed by atoms with Crippen molar-refractivity contribution in [1.29, 1.82) is 0 Å². The van der Waals surface area contributed by atoms with E-state index in [1.807, 2.05) is 20.8 Å². The number of carboxylic acid groups (broad SMARTS) is 1. The molecular weight excluding hydrogens is 703 g/mol. The molecule has 1 atom stereocenters. The summed E-state index contributed by atoms with van der Waals surface area (Å²) in [6.07, 6.45) is 3.07. The fourth-order valence-corrected chi connectivity index (χ4v) is 7.35. The van der Waals surface area contributed by atoms with E-state index in [1.54, 1.807) is 32.6 Å². The summed E-state index contributed by atoms with van der Waals surface area (Å²) in [6.45, 7) is 13.5. The van der Waals surface area contributed by atoms with Crippen LogP contribution < -0.4 is 20.3 Å². The Labute approximate surface area is 312 Å². The zero-order valence-electron chi connectivity index (χ0n) is 31.6. The molecule has 1 aromatic carbocycles. The van der Waals surface area contributed by atoms with Crippen molar-refractivity contribution < 1.29 is 47.6 Å². The summed E-state index contributed by atoms with van der Waals surface area (Å²) in [6, 6.07) is 3.04. The van der Waals surface area contributed by atoms with Crippen LogP contribution in [0.3, 0.4) is 0 Å². The molecule has 3 aromatic rings. The van der Waals surface area contributed by atoms with Gasteiger partial charge in [0.25, 0.3) is 0 Å². The van der Waals surface area contributed by atoms with Gasteiger partial charge in [-0.2, -0.15) is 0 Å². The van der Waals surface area contributed by atoms with Gasteiger partial charge in [-0.25, -0.2) is 33.5 Å². The summed E-state index contributed by atoms with van der Waals surface area (Å²) in [5, 5.41) is 15.7. The number of piperidine rings is 1.